The van der Waals surface area contributed by atoms with Crippen molar-refractivity contribution in [3.8, 4) is 0 Å². The summed E-state index contributed by atoms with van der Waals surface area (Å²) in [6, 6.07) is 1.41. The molecule has 0 bridgehead atoms. The van der Waals surface area contributed by atoms with E-state index in [0.717, 1.165) is 6.42 Å². The smallest absolute Gasteiger partial charge is 0.251 e. The molecule has 0 radical (unpaired) electrons. The predicted octanol–water partition coefficient (Wildman–Crippen LogP) is 1.07. The molecule has 11 heavy (non-hydrogen) atoms. The highest BCUT2D eigenvalue weighted by molar-refractivity contribution is 6.16. The maximum atomic E-state index is 10.9. The quantitative estimate of drug-likeness (QED) is 0.679. The molecule has 0 aliphatic rings. The van der Waals surface area contributed by atoms with Crippen LogP contribution in [0.2, 0.25) is 0 Å². The molecular weight excluding hydrogens is 164 g/mol. The maximum absolute atomic E-state index is 10.9. The summed E-state index contributed by atoms with van der Waals surface area (Å²) in [5.41, 5.74) is 0.500. The van der Waals surface area contributed by atoms with Gasteiger partial charge in [-0.15, -0.1) is 11.6 Å². The number of rotatable bonds is 2. The normalized spacial score (nSPS) is 10.0. The van der Waals surface area contributed by atoms with Gasteiger partial charge in [0.2, 0.25) is 0 Å². The first-order chi connectivity index (χ1) is 5.26. The van der Waals surface area contributed by atoms with E-state index in [-0.39, 0.29) is 11.4 Å². The number of aromatic nitrogens is 2. The Hall–Kier alpha value is -0.830. The number of H-pyrrole nitrogens is 1. The van der Waals surface area contributed by atoms with Crippen molar-refractivity contribution in [3.63, 3.8) is 0 Å². The van der Waals surface area contributed by atoms with Gasteiger partial charge in [-0.25, -0.2) is 4.98 Å². The van der Waals surface area contributed by atoms with Crippen LogP contribution in [0.15, 0.2) is 10.9 Å². The van der Waals surface area contributed by atoms with E-state index >= 15 is 0 Å². The van der Waals surface area contributed by atoms with E-state index in [1.54, 1.807) is 0 Å². The molecule has 0 fully saturated rings. The van der Waals surface area contributed by atoms with Gasteiger partial charge >= 0.3 is 0 Å². The van der Waals surface area contributed by atoms with Gasteiger partial charge in [-0.1, -0.05) is 6.92 Å². The number of aromatic amines is 1. The average molecular weight is 173 g/mol. The molecule has 0 aromatic carbocycles. The third kappa shape index (κ3) is 2.05. The second kappa shape index (κ2) is 3.53. The Balaban J connectivity index is 3.12. The van der Waals surface area contributed by atoms with Gasteiger partial charge < -0.3 is 4.98 Å². The zero-order valence-corrected chi connectivity index (χ0v) is 6.98. The van der Waals surface area contributed by atoms with Crippen LogP contribution < -0.4 is 5.56 Å². The van der Waals surface area contributed by atoms with E-state index in [9.17, 15) is 4.79 Å². The lowest BCUT2D eigenvalue weighted by atomic mass is 10.4. The number of hydrogen-bond donors (Lipinski definition) is 1. The first-order valence-electron chi connectivity index (χ1n) is 3.41. The van der Waals surface area contributed by atoms with Crippen LogP contribution >= 0.6 is 11.6 Å². The van der Waals surface area contributed by atoms with E-state index in [2.05, 4.69) is 9.97 Å². The predicted molar refractivity (Wildman–Crippen MR) is 43.8 cm³/mol. The van der Waals surface area contributed by atoms with Crippen molar-refractivity contribution in [1.29, 1.82) is 0 Å². The molecule has 0 unspecified atom stereocenters. The van der Waals surface area contributed by atoms with Crippen LogP contribution in [-0.2, 0) is 12.3 Å². The lowest BCUT2D eigenvalue weighted by Crippen LogP contribution is -2.11. The SMILES string of the molecule is CCc1nc(CCl)cc(=O)[nH]1. The third-order valence-electron chi connectivity index (χ3n) is 1.32. The Kier molecular flexibility index (Phi) is 2.65. The van der Waals surface area contributed by atoms with E-state index in [1.807, 2.05) is 6.92 Å². The molecule has 0 saturated carbocycles. The Bertz CT molecular complexity index is 269. The van der Waals surface area contributed by atoms with Crippen LogP contribution in [0, 0.1) is 0 Å². The van der Waals surface area contributed by atoms with Crippen molar-refractivity contribution in [3.05, 3.63) is 27.9 Å². The molecule has 1 heterocycles. The summed E-state index contributed by atoms with van der Waals surface area (Å²) in [7, 11) is 0. The number of halogens is 1. The number of alkyl halides is 1. The summed E-state index contributed by atoms with van der Waals surface area (Å²) < 4.78 is 0. The molecule has 3 nitrogen and oxygen atoms in total. The first-order valence-corrected chi connectivity index (χ1v) is 3.94. The average Bonchev–Trinajstić information content (AvgIpc) is 2.03. The van der Waals surface area contributed by atoms with E-state index in [0.29, 0.717) is 11.5 Å². The zero-order valence-electron chi connectivity index (χ0n) is 6.22. The van der Waals surface area contributed by atoms with Crippen LogP contribution in [0.1, 0.15) is 18.4 Å². The minimum Gasteiger partial charge on any atom is -0.311 e. The number of nitrogens with zero attached hydrogens (tertiary/aromatic N) is 1. The van der Waals surface area contributed by atoms with Crippen molar-refractivity contribution in [1.82, 2.24) is 9.97 Å². The fourth-order valence-corrected chi connectivity index (χ4v) is 0.936. The molecule has 1 aromatic rings. The van der Waals surface area contributed by atoms with Crippen LogP contribution in [0.5, 0.6) is 0 Å². The van der Waals surface area contributed by atoms with Gasteiger partial charge in [0.15, 0.2) is 0 Å². The van der Waals surface area contributed by atoms with Gasteiger partial charge in [0.1, 0.15) is 5.82 Å². The second-order valence-corrected chi connectivity index (χ2v) is 2.44. The van der Waals surface area contributed by atoms with E-state index < -0.39 is 0 Å². The molecule has 0 atom stereocenters. The Morgan fingerprint density at radius 2 is 2.45 bits per heavy atom. The van der Waals surface area contributed by atoms with Gasteiger partial charge in [0.05, 0.1) is 11.6 Å². The molecule has 1 rings (SSSR count). The molecule has 60 valence electrons. The number of hydrogen-bond acceptors (Lipinski definition) is 2. The molecule has 4 heteroatoms. The Morgan fingerprint density at radius 3 is 3.00 bits per heavy atom. The Labute approximate surface area is 69.4 Å². The van der Waals surface area contributed by atoms with Crippen molar-refractivity contribution < 1.29 is 0 Å². The first kappa shape index (κ1) is 8.27. The molecule has 0 amide bonds. The molecule has 1 aromatic heterocycles. The molecule has 1 N–H and O–H groups in total. The number of nitrogens with one attached hydrogen (secondary N) is 1. The molecule has 0 aliphatic heterocycles. The van der Waals surface area contributed by atoms with Crippen molar-refractivity contribution in [2.45, 2.75) is 19.2 Å². The summed E-state index contributed by atoms with van der Waals surface area (Å²) in [5, 5.41) is 0. The zero-order chi connectivity index (χ0) is 8.27. The fourth-order valence-electron chi connectivity index (χ4n) is 0.799. The van der Waals surface area contributed by atoms with Gasteiger partial charge in [0.25, 0.3) is 5.56 Å². The minimum atomic E-state index is -0.132. The van der Waals surface area contributed by atoms with Crippen LogP contribution in [-0.4, -0.2) is 9.97 Å². The summed E-state index contributed by atoms with van der Waals surface area (Å²) in [6.45, 7) is 1.93. The van der Waals surface area contributed by atoms with Gasteiger partial charge in [-0.2, -0.15) is 0 Å². The highest BCUT2D eigenvalue weighted by atomic mass is 35.5. The van der Waals surface area contributed by atoms with E-state index in [1.165, 1.54) is 6.07 Å². The van der Waals surface area contributed by atoms with Crippen molar-refractivity contribution >= 4 is 11.6 Å². The summed E-state index contributed by atoms with van der Waals surface area (Å²) in [5.74, 6) is 0.977. The lowest BCUT2D eigenvalue weighted by Gasteiger charge is -1.97. The van der Waals surface area contributed by atoms with Gasteiger partial charge in [0, 0.05) is 12.5 Å². The molecule has 0 aliphatic carbocycles. The monoisotopic (exact) mass is 172 g/mol. The summed E-state index contributed by atoms with van der Waals surface area (Å²) >= 11 is 5.51. The number of aryl methyl sites for hydroxylation is 1. The lowest BCUT2D eigenvalue weighted by molar-refractivity contribution is 0.894. The Morgan fingerprint density at radius 1 is 1.73 bits per heavy atom. The molecule has 0 saturated heterocycles. The van der Waals surface area contributed by atoms with Crippen LogP contribution in [0.3, 0.4) is 0 Å². The standard InChI is InChI=1S/C7H9ClN2O/c1-2-6-9-5(4-8)3-7(11)10-6/h3H,2,4H2,1H3,(H,9,10,11). The maximum Gasteiger partial charge on any atom is 0.251 e. The van der Waals surface area contributed by atoms with Crippen molar-refractivity contribution in [2.75, 3.05) is 0 Å². The van der Waals surface area contributed by atoms with Crippen molar-refractivity contribution in [2.24, 2.45) is 0 Å². The topological polar surface area (TPSA) is 45.8 Å². The van der Waals surface area contributed by atoms with Crippen LogP contribution in [0.4, 0.5) is 0 Å². The molecular formula is C7H9ClN2O. The highest BCUT2D eigenvalue weighted by Gasteiger charge is 1.96. The second-order valence-electron chi connectivity index (χ2n) is 2.17. The highest BCUT2D eigenvalue weighted by Crippen LogP contribution is 1.96. The summed E-state index contributed by atoms with van der Waals surface area (Å²) in [4.78, 5) is 17.6. The summed E-state index contributed by atoms with van der Waals surface area (Å²) in [6.07, 6.45) is 0.722. The van der Waals surface area contributed by atoms with E-state index in [4.69, 9.17) is 11.6 Å². The third-order valence-corrected chi connectivity index (χ3v) is 1.59. The van der Waals surface area contributed by atoms with Gasteiger partial charge in [-0.05, 0) is 0 Å². The molecule has 0 spiro atoms. The van der Waals surface area contributed by atoms with Crippen LogP contribution in [0.25, 0.3) is 0 Å². The largest absolute Gasteiger partial charge is 0.311 e. The minimum absolute atomic E-state index is 0.132. The van der Waals surface area contributed by atoms with Gasteiger partial charge in [-0.3, -0.25) is 4.79 Å². The fraction of sp³-hybridized carbons (Fsp3) is 0.429.